The lowest BCUT2D eigenvalue weighted by atomic mass is 9.82. The van der Waals surface area contributed by atoms with Crippen molar-refractivity contribution in [1.82, 2.24) is 24.4 Å². The second-order valence-electron chi connectivity index (χ2n) is 10.4. The Morgan fingerprint density at radius 1 is 1.05 bits per heavy atom. The first kappa shape index (κ1) is 26.1. The van der Waals surface area contributed by atoms with Gasteiger partial charge in [0.1, 0.15) is 11.5 Å². The standard InChI is InChI=1S/C26H31FN6O5S/c27-18-4-6-20(7-5-18)33-25-23(24(29-33)17-2-1-3-17)22(16-21(28-25)26(34)30-39(35,36)37)32-10-8-19(9-11-32)31-12-14-38-15-13-31/h4-7,16-17,19H,1-3,8-15H2,(H,30,34)(H,35,36,37). The lowest BCUT2D eigenvalue weighted by Gasteiger charge is -2.41. The van der Waals surface area contributed by atoms with E-state index in [1.54, 1.807) is 27.6 Å². The fourth-order valence-corrected chi connectivity index (χ4v) is 6.14. The molecule has 39 heavy (non-hydrogen) atoms. The van der Waals surface area contributed by atoms with Gasteiger partial charge in [-0.05, 0) is 56.0 Å². The number of anilines is 1. The van der Waals surface area contributed by atoms with Gasteiger partial charge >= 0.3 is 10.3 Å². The number of morpholine rings is 1. The number of fused-ring (bicyclic) bond motifs is 1. The first-order chi connectivity index (χ1) is 18.8. The lowest BCUT2D eigenvalue weighted by Crippen LogP contribution is -2.49. The molecule has 1 amide bonds. The number of rotatable bonds is 6. The van der Waals surface area contributed by atoms with Crippen LogP contribution in [0.4, 0.5) is 10.1 Å². The predicted octanol–water partition coefficient (Wildman–Crippen LogP) is 2.66. The molecule has 2 saturated heterocycles. The van der Waals surface area contributed by atoms with E-state index in [9.17, 15) is 22.2 Å². The Morgan fingerprint density at radius 2 is 1.74 bits per heavy atom. The van der Waals surface area contributed by atoms with E-state index in [4.69, 9.17) is 9.84 Å². The topological polar surface area (TPSA) is 130 Å². The molecule has 208 valence electrons. The summed E-state index contributed by atoms with van der Waals surface area (Å²) in [5.74, 6) is -1.20. The summed E-state index contributed by atoms with van der Waals surface area (Å²) in [5, 5.41) is 5.73. The van der Waals surface area contributed by atoms with Crippen LogP contribution in [0.3, 0.4) is 0 Å². The molecule has 0 atom stereocenters. The molecule has 3 aliphatic rings. The van der Waals surface area contributed by atoms with E-state index in [1.807, 2.05) is 0 Å². The van der Waals surface area contributed by atoms with Crippen LogP contribution in [-0.2, 0) is 15.0 Å². The van der Waals surface area contributed by atoms with Gasteiger partial charge in [-0.25, -0.2) is 18.8 Å². The molecular formula is C26H31FN6O5S. The van der Waals surface area contributed by atoms with Crippen molar-refractivity contribution >= 4 is 32.9 Å². The lowest BCUT2D eigenvalue weighted by molar-refractivity contribution is 0.0115. The van der Waals surface area contributed by atoms with E-state index in [2.05, 4.69) is 14.8 Å². The quantitative estimate of drug-likeness (QED) is 0.439. The molecule has 6 rings (SSSR count). The van der Waals surface area contributed by atoms with Crippen molar-refractivity contribution in [2.45, 2.75) is 44.1 Å². The van der Waals surface area contributed by atoms with Gasteiger partial charge in [-0.3, -0.25) is 14.2 Å². The zero-order valence-corrected chi connectivity index (χ0v) is 22.2. The van der Waals surface area contributed by atoms with Crippen molar-refractivity contribution in [3.8, 4) is 5.69 Å². The van der Waals surface area contributed by atoms with Crippen molar-refractivity contribution in [2.75, 3.05) is 44.3 Å². The average molecular weight is 559 g/mol. The molecule has 1 saturated carbocycles. The predicted molar refractivity (Wildman–Crippen MR) is 142 cm³/mol. The van der Waals surface area contributed by atoms with Crippen LogP contribution in [0.25, 0.3) is 16.7 Å². The normalized spacial score (nSPS) is 19.8. The molecule has 11 nitrogen and oxygen atoms in total. The maximum Gasteiger partial charge on any atom is 0.360 e. The summed E-state index contributed by atoms with van der Waals surface area (Å²) < 4.78 is 54.5. The molecule has 1 aromatic carbocycles. The molecule has 3 fully saturated rings. The van der Waals surface area contributed by atoms with Crippen LogP contribution in [0.2, 0.25) is 0 Å². The van der Waals surface area contributed by atoms with Crippen LogP contribution < -0.4 is 9.62 Å². The third-order valence-electron chi connectivity index (χ3n) is 8.03. The van der Waals surface area contributed by atoms with Gasteiger partial charge < -0.3 is 9.64 Å². The zero-order chi connectivity index (χ0) is 27.1. The number of benzene rings is 1. The van der Waals surface area contributed by atoms with Crippen molar-refractivity contribution in [3.05, 3.63) is 47.5 Å². The number of nitrogens with one attached hydrogen (secondary N) is 1. The Morgan fingerprint density at radius 3 is 2.36 bits per heavy atom. The fraction of sp³-hybridized carbons (Fsp3) is 0.500. The number of aromatic nitrogens is 3. The minimum atomic E-state index is -4.79. The summed E-state index contributed by atoms with van der Waals surface area (Å²) in [7, 11) is -4.79. The third-order valence-corrected chi connectivity index (χ3v) is 8.47. The van der Waals surface area contributed by atoms with Gasteiger partial charge in [-0.1, -0.05) is 6.42 Å². The summed E-state index contributed by atoms with van der Waals surface area (Å²) >= 11 is 0. The number of carbonyl (C=O) groups is 1. The van der Waals surface area contributed by atoms with E-state index in [-0.39, 0.29) is 17.4 Å². The number of piperidine rings is 1. The van der Waals surface area contributed by atoms with Crippen LogP contribution in [0.1, 0.15) is 54.2 Å². The van der Waals surface area contributed by atoms with Gasteiger partial charge in [0.05, 0.1) is 35.7 Å². The monoisotopic (exact) mass is 558 g/mol. The highest BCUT2D eigenvalue weighted by molar-refractivity contribution is 7.84. The first-order valence-corrected chi connectivity index (χ1v) is 14.8. The molecule has 0 unspecified atom stereocenters. The van der Waals surface area contributed by atoms with Gasteiger partial charge in [0.25, 0.3) is 5.91 Å². The van der Waals surface area contributed by atoms with E-state index < -0.39 is 16.2 Å². The molecule has 4 heterocycles. The number of amides is 1. The van der Waals surface area contributed by atoms with Crippen LogP contribution in [0.5, 0.6) is 0 Å². The average Bonchev–Trinajstić information content (AvgIpc) is 3.26. The maximum atomic E-state index is 13.7. The summed E-state index contributed by atoms with van der Waals surface area (Å²) in [5.41, 5.74) is 2.44. The van der Waals surface area contributed by atoms with Crippen LogP contribution in [0.15, 0.2) is 30.3 Å². The summed E-state index contributed by atoms with van der Waals surface area (Å²) in [6.07, 6.45) is 4.93. The molecular weight excluding hydrogens is 527 g/mol. The molecule has 0 bridgehead atoms. The van der Waals surface area contributed by atoms with Crippen LogP contribution >= 0.6 is 0 Å². The van der Waals surface area contributed by atoms with Crippen LogP contribution in [-0.4, -0.2) is 84.0 Å². The van der Waals surface area contributed by atoms with Crippen molar-refractivity contribution in [1.29, 1.82) is 0 Å². The molecule has 2 aliphatic heterocycles. The third kappa shape index (κ3) is 5.36. The highest BCUT2D eigenvalue weighted by Gasteiger charge is 2.33. The van der Waals surface area contributed by atoms with Gasteiger partial charge in [-0.15, -0.1) is 0 Å². The van der Waals surface area contributed by atoms with Crippen molar-refractivity contribution in [2.24, 2.45) is 0 Å². The fourth-order valence-electron chi connectivity index (χ4n) is 5.80. The van der Waals surface area contributed by atoms with E-state index in [0.29, 0.717) is 17.4 Å². The number of carbonyl (C=O) groups excluding carboxylic acids is 1. The summed E-state index contributed by atoms with van der Waals surface area (Å²) in [6, 6.07) is 7.88. The Hall–Kier alpha value is -3.13. The maximum absolute atomic E-state index is 13.7. The number of hydrogen-bond donors (Lipinski definition) is 2. The first-order valence-electron chi connectivity index (χ1n) is 13.3. The number of halogens is 1. The Labute approximate surface area is 225 Å². The molecule has 1 aliphatic carbocycles. The number of ether oxygens (including phenoxy) is 1. The summed E-state index contributed by atoms with van der Waals surface area (Å²) in [6.45, 7) is 4.80. The smallest absolute Gasteiger partial charge is 0.360 e. The van der Waals surface area contributed by atoms with Gasteiger partial charge in [0, 0.05) is 38.1 Å². The Bertz CT molecular complexity index is 1480. The minimum absolute atomic E-state index is 0.158. The van der Waals surface area contributed by atoms with Crippen LogP contribution in [0, 0.1) is 5.82 Å². The molecule has 0 radical (unpaired) electrons. The van der Waals surface area contributed by atoms with E-state index >= 15 is 0 Å². The number of hydrogen-bond acceptors (Lipinski definition) is 8. The minimum Gasteiger partial charge on any atom is -0.379 e. The van der Waals surface area contributed by atoms with Crippen molar-refractivity contribution < 1.29 is 26.9 Å². The van der Waals surface area contributed by atoms with E-state index in [0.717, 1.165) is 88.3 Å². The summed E-state index contributed by atoms with van der Waals surface area (Å²) in [4.78, 5) is 22.1. The number of pyridine rings is 1. The Balaban J connectivity index is 1.45. The molecule has 2 aromatic heterocycles. The van der Waals surface area contributed by atoms with E-state index in [1.165, 1.54) is 12.1 Å². The molecule has 0 spiro atoms. The second-order valence-corrected chi connectivity index (χ2v) is 11.6. The SMILES string of the molecule is O=C(NS(=O)(=O)O)c1cc(N2CCC(N3CCOCC3)CC2)c2c(C3CCC3)nn(-c3ccc(F)cc3)c2n1. The molecule has 13 heteroatoms. The highest BCUT2D eigenvalue weighted by Crippen LogP contribution is 2.43. The zero-order valence-electron chi connectivity index (χ0n) is 21.4. The molecule has 2 N–H and O–H groups in total. The number of nitrogens with zero attached hydrogens (tertiary/aromatic N) is 5. The highest BCUT2D eigenvalue weighted by atomic mass is 32.2. The van der Waals surface area contributed by atoms with Gasteiger partial charge in [0.2, 0.25) is 0 Å². The van der Waals surface area contributed by atoms with Gasteiger partial charge in [-0.2, -0.15) is 13.5 Å². The van der Waals surface area contributed by atoms with Gasteiger partial charge in [0.15, 0.2) is 5.65 Å². The second kappa shape index (κ2) is 10.5. The Kier molecular flexibility index (Phi) is 7.00. The molecule has 3 aromatic rings. The van der Waals surface area contributed by atoms with Crippen molar-refractivity contribution in [3.63, 3.8) is 0 Å². The largest absolute Gasteiger partial charge is 0.379 e.